The Balaban J connectivity index is -0.0000000590. The molecule has 3 unspecified atom stereocenters. The minimum atomic E-state index is -1.35. The summed E-state index contributed by atoms with van der Waals surface area (Å²) in [6, 6.07) is 0. The molecular weight excluding hydrogens is 230 g/mol. The molecule has 2 nitrogen and oxygen atoms in total. The average molecular weight is 252 g/mol. The van der Waals surface area contributed by atoms with E-state index in [-0.39, 0.29) is 62.3 Å². The van der Waals surface area contributed by atoms with Gasteiger partial charge in [-0.2, -0.15) is 0 Å². The van der Waals surface area contributed by atoms with Crippen molar-refractivity contribution >= 4 is 34.0 Å². The molecule has 8 heteroatoms. The normalized spacial score (nSPS) is 24.2. The Labute approximate surface area is 120 Å². The van der Waals surface area contributed by atoms with E-state index in [1.54, 1.807) is 0 Å². The van der Waals surface area contributed by atoms with E-state index in [1.165, 1.54) is 0 Å². The van der Waals surface area contributed by atoms with Gasteiger partial charge in [-0.05, 0) is 13.1 Å². The van der Waals surface area contributed by atoms with Crippen molar-refractivity contribution in [2.75, 3.05) is 0 Å². The molecule has 0 bridgehead atoms. The number of hydrogen-bond donors (Lipinski definition) is 0. The van der Waals surface area contributed by atoms with Crippen molar-refractivity contribution in [3.63, 3.8) is 0 Å². The summed E-state index contributed by atoms with van der Waals surface area (Å²) in [6.45, 7) is 10.7. The van der Waals surface area contributed by atoms with Crippen molar-refractivity contribution in [2.45, 2.75) is 32.7 Å². The first kappa shape index (κ1) is 25.0. The zero-order valence-electron chi connectivity index (χ0n) is 11.1. The summed E-state index contributed by atoms with van der Waals surface area (Å²) in [6.07, 6.45) is 0. The molecule has 0 aromatic rings. The second kappa shape index (κ2) is 13.0. The summed E-state index contributed by atoms with van der Waals surface area (Å²) in [7, 11) is -2.70. The Kier molecular flexibility index (Phi) is 23.3. The van der Waals surface area contributed by atoms with Crippen LogP contribution in [-0.4, -0.2) is 34.0 Å². The molecule has 0 amide bonds. The fourth-order valence-corrected chi connectivity index (χ4v) is 5.47. The maximum atomic E-state index is 10.4. The Morgan fingerprint density at radius 1 is 1.00 bits per heavy atom. The Morgan fingerprint density at radius 2 is 1.14 bits per heavy atom. The smallest absolute Gasteiger partial charge is 0.863 e. The standard InChI is InChI=1S/C3H11OSi2.C2H8OSi2.CH3.2Li/c1-5(2)6(3)4;1-4-3-5(4)2;;;/h5-6H,1-3H3;4-5H,1-2H3;1H3;;/q-1;;-1;2*+1. The summed E-state index contributed by atoms with van der Waals surface area (Å²) < 4.78 is 5.19. The first-order chi connectivity index (χ1) is 4.95. The van der Waals surface area contributed by atoms with Crippen LogP contribution in [0.2, 0.25) is 32.7 Å². The van der Waals surface area contributed by atoms with Gasteiger partial charge in [-0.1, -0.05) is 28.2 Å². The maximum absolute atomic E-state index is 10.4. The minimum Gasteiger partial charge on any atom is -0.863 e. The predicted molar refractivity (Wildman–Crippen MR) is 65.4 cm³/mol. The first-order valence-electron chi connectivity index (χ1n) is 4.26. The van der Waals surface area contributed by atoms with Crippen molar-refractivity contribution in [1.82, 2.24) is 0 Å². The molecule has 1 aliphatic rings. The van der Waals surface area contributed by atoms with Gasteiger partial charge in [-0.25, -0.2) is 0 Å². The van der Waals surface area contributed by atoms with Gasteiger partial charge in [0, 0.05) is 8.31 Å². The monoisotopic (exact) mass is 252 g/mol. The van der Waals surface area contributed by atoms with Crippen molar-refractivity contribution in [2.24, 2.45) is 0 Å². The van der Waals surface area contributed by atoms with Crippen molar-refractivity contribution in [1.29, 1.82) is 0 Å². The van der Waals surface area contributed by atoms with Gasteiger partial charge in [0.1, 0.15) is 0 Å². The summed E-state index contributed by atoms with van der Waals surface area (Å²) >= 11 is 0. The van der Waals surface area contributed by atoms with Gasteiger partial charge in [0.05, 0.1) is 0 Å². The summed E-state index contributed by atoms with van der Waals surface area (Å²) in [5.41, 5.74) is 0. The molecule has 3 atom stereocenters. The fourth-order valence-electron chi connectivity index (χ4n) is 0.293. The van der Waals surface area contributed by atoms with Crippen LogP contribution in [-0.2, 0) is 4.12 Å². The molecule has 0 aliphatic carbocycles. The van der Waals surface area contributed by atoms with Gasteiger partial charge in [0.25, 0.3) is 0 Å². The van der Waals surface area contributed by atoms with Crippen LogP contribution in [0, 0.1) is 7.43 Å². The predicted octanol–water partition coefficient (Wildman–Crippen LogP) is -6.47. The molecule has 0 aromatic heterocycles. The third-order valence-corrected chi connectivity index (χ3v) is 17.6. The molecule has 0 saturated carbocycles. The SMILES string of the molecule is C[SiH](C)[SiH](C)[O-].C[SiH]1O[SiH]1C.[CH3-].[Li+].[Li+]. The van der Waals surface area contributed by atoms with E-state index in [0.717, 1.165) is 0 Å². The van der Waals surface area contributed by atoms with E-state index < -0.39 is 16.9 Å². The van der Waals surface area contributed by atoms with Crippen LogP contribution < -0.4 is 42.5 Å². The van der Waals surface area contributed by atoms with Gasteiger partial charge in [0.15, 0.2) is 17.1 Å². The largest absolute Gasteiger partial charge is 1.00 e. The van der Waals surface area contributed by atoms with Crippen LogP contribution in [0.25, 0.3) is 0 Å². The van der Waals surface area contributed by atoms with E-state index in [0.29, 0.717) is 0 Å². The van der Waals surface area contributed by atoms with Gasteiger partial charge in [0.2, 0.25) is 0 Å². The third-order valence-electron chi connectivity index (χ3n) is 1.95. The second-order valence-corrected chi connectivity index (χ2v) is 23.8. The molecule has 1 fully saturated rings. The summed E-state index contributed by atoms with van der Waals surface area (Å²) in [5.74, 6) is 0. The van der Waals surface area contributed by atoms with E-state index in [2.05, 4.69) is 26.2 Å². The van der Waals surface area contributed by atoms with Gasteiger partial charge in [-0.3, -0.25) is 0 Å². The quantitative estimate of drug-likeness (QED) is 0.264. The topological polar surface area (TPSA) is 35.6 Å². The summed E-state index contributed by atoms with van der Waals surface area (Å²) in [5, 5.41) is 0. The molecule has 0 N–H and O–H groups in total. The molecule has 0 spiro atoms. The van der Waals surface area contributed by atoms with Crippen molar-refractivity contribution in [3.05, 3.63) is 7.43 Å². The Morgan fingerprint density at radius 3 is 1.14 bits per heavy atom. The zero-order valence-corrected chi connectivity index (χ0v) is 15.7. The molecule has 1 heterocycles. The molecule has 0 aromatic carbocycles. The van der Waals surface area contributed by atoms with Crippen LogP contribution >= 0.6 is 0 Å². The zero-order chi connectivity index (χ0) is 9.02. The molecule has 1 saturated heterocycles. The minimum absolute atomic E-state index is 0. The molecule has 14 heavy (non-hydrogen) atoms. The third kappa shape index (κ3) is 16.4. The van der Waals surface area contributed by atoms with Crippen molar-refractivity contribution < 1.29 is 46.6 Å². The van der Waals surface area contributed by atoms with E-state index in [1.807, 2.05) is 6.55 Å². The molecule has 1 aliphatic heterocycles. The first-order valence-corrected chi connectivity index (χ1v) is 16.8. The average Bonchev–Trinajstić information content (AvgIpc) is 2.46. The van der Waals surface area contributed by atoms with Crippen molar-refractivity contribution in [3.8, 4) is 0 Å². The van der Waals surface area contributed by atoms with Gasteiger partial charge in [-0.15, -0.1) is 0 Å². The number of rotatable bonds is 1. The second-order valence-electron chi connectivity index (χ2n) is 3.50. The van der Waals surface area contributed by atoms with E-state index in [4.69, 9.17) is 4.12 Å². The fraction of sp³-hybridized carbons (Fsp3) is 0.833. The Bertz CT molecular complexity index is 106. The molecule has 76 valence electrons. The maximum Gasteiger partial charge on any atom is 1.00 e. The number of hydrogen-bond acceptors (Lipinski definition) is 2. The van der Waals surface area contributed by atoms with E-state index in [9.17, 15) is 4.80 Å². The van der Waals surface area contributed by atoms with Crippen LogP contribution in [0.4, 0.5) is 0 Å². The summed E-state index contributed by atoms with van der Waals surface area (Å²) in [4.78, 5) is 10.4. The molecule has 0 radical (unpaired) electrons. The Hall–Kier alpha value is 1.98. The van der Waals surface area contributed by atoms with Gasteiger partial charge >= 0.3 is 37.7 Å². The molecular formula is C6H22Li2O2Si4. The van der Waals surface area contributed by atoms with Crippen LogP contribution in [0.3, 0.4) is 0 Å². The van der Waals surface area contributed by atoms with Crippen LogP contribution in [0.1, 0.15) is 0 Å². The van der Waals surface area contributed by atoms with Crippen LogP contribution in [0.5, 0.6) is 0 Å². The van der Waals surface area contributed by atoms with E-state index >= 15 is 0 Å². The van der Waals surface area contributed by atoms with Crippen LogP contribution in [0.15, 0.2) is 0 Å². The van der Waals surface area contributed by atoms with Gasteiger partial charge < -0.3 is 16.3 Å². The molecule has 1 rings (SSSR count).